The minimum atomic E-state index is 0.465. The lowest BCUT2D eigenvalue weighted by Gasteiger charge is -2.32. The lowest BCUT2D eigenvalue weighted by Crippen LogP contribution is -2.51. The molecule has 0 saturated carbocycles. The zero-order chi connectivity index (χ0) is 16.0. The van der Waals surface area contributed by atoms with Gasteiger partial charge < -0.3 is 14.7 Å². The van der Waals surface area contributed by atoms with Crippen molar-refractivity contribution in [3.8, 4) is 0 Å². The van der Waals surface area contributed by atoms with Gasteiger partial charge in [-0.1, -0.05) is 0 Å². The first-order valence-electron chi connectivity index (χ1n) is 6.71. The molecule has 0 aromatic heterocycles. The number of rotatable bonds is 0. The first kappa shape index (κ1) is 14.2. The Bertz CT molecular complexity index is 594. The predicted octanol–water partition coefficient (Wildman–Crippen LogP) is -0.850. The fourth-order valence-corrected chi connectivity index (χ4v) is 1.85. The average Bonchev–Trinajstić information content (AvgIpc) is 2.46. The summed E-state index contributed by atoms with van der Waals surface area (Å²) in [5, 5.41) is 0. The summed E-state index contributed by atoms with van der Waals surface area (Å²) in [5.74, 6) is 3.00. The summed E-state index contributed by atoms with van der Waals surface area (Å²) in [4.78, 5) is 33.8. The van der Waals surface area contributed by atoms with Gasteiger partial charge in [0.1, 0.15) is 0 Å². The molecule has 10 heteroatoms. The lowest BCUT2D eigenvalue weighted by atomic mass is 10.5. The summed E-state index contributed by atoms with van der Waals surface area (Å²) in [6, 6.07) is 0. The molecule has 0 amide bonds. The maximum atomic E-state index is 4.45. The number of nitrogens with zero attached hydrogens (tertiary/aromatic N) is 10. The van der Waals surface area contributed by atoms with E-state index in [9.17, 15) is 0 Å². The number of hydrogen-bond acceptors (Lipinski definition) is 10. The molecule has 3 rings (SSSR count). The Morgan fingerprint density at radius 1 is 0.500 bits per heavy atom. The number of hydrogen-bond donors (Lipinski definition) is 0. The quantitative estimate of drug-likeness (QED) is 0.583. The standard InChI is InChI=1S/C12H18N10/c1-19(2)7-13-10-15-8(20(3)4)17-12-18-9(21(5)6)16-11(14-7)22(10)12/h1-6H3. The molecule has 0 spiro atoms. The Hall–Kier alpha value is -2.78. The van der Waals surface area contributed by atoms with Gasteiger partial charge in [0.25, 0.3) is 0 Å². The van der Waals surface area contributed by atoms with E-state index in [1.165, 1.54) is 0 Å². The van der Waals surface area contributed by atoms with Crippen molar-refractivity contribution in [2.45, 2.75) is 0 Å². The van der Waals surface area contributed by atoms with Crippen LogP contribution in [0, 0.1) is 0 Å². The summed E-state index contributed by atoms with van der Waals surface area (Å²) in [6.45, 7) is 0. The van der Waals surface area contributed by atoms with Crippen molar-refractivity contribution in [3.05, 3.63) is 0 Å². The zero-order valence-electron chi connectivity index (χ0n) is 13.5. The van der Waals surface area contributed by atoms with Crippen LogP contribution in [-0.2, 0) is 0 Å². The van der Waals surface area contributed by atoms with Crippen molar-refractivity contribution in [1.29, 1.82) is 0 Å². The topological polar surface area (TPSA) is 87.1 Å². The Balaban J connectivity index is 2.17. The van der Waals surface area contributed by atoms with Gasteiger partial charge in [-0.3, -0.25) is 0 Å². The maximum Gasteiger partial charge on any atom is 0.246 e. The molecule has 0 unspecified atom stereocenters. The summed E-state index contributed by atoms with van der Waals surface area (Å²) < 4.78 is 0. The third-order valence-corrected chi connectivity index (χ3v) is 3.00. The van der Waals surface area contributed by atoms with Gasteiger partial charge in [-0.15, -0.1) is 0 Å². The van der Waals surface area contributed by atoms with Gasteiger partial charge in [0, 0.05) is 42.3 Å². The normalized spacial score (nSPS) is 19.1. The molecule has 0 bridgehead atoms. The van der Waals surface area contributed by atoms with Crippen LogP contribution < -0.4 is 0 Å². The van der Waals surface area contributed by atoms with Gasteiger partial charge in [0.15, 0.2) is 0 Å². The van der Waals surface area contributed by atoms with Crippen molar-refractivity contribution in [2.75, 3.05) is 42.3 Å². The van der Waals surface area contributed by atoms with Crippen LogP contribution in [0.5, 0.6) is 0 Å². The van der Waals surface area contributed by atoms with Crippen LogP contribution in [0.3, 0.4) is 0 Å². The molecular weight excluding hydrogens is 284 g/mol. The predicted molar refractivity (Wildman–Crippen MR) is 87.5 cm³/mol. The second-order valence-electron chi connectivity index (χ2n) is 5.49. The molecule has 0 aromatic rings. The van der Waals surface area contributed by atoms with Crippen molar-refractivity contribution < 1.29 is 0 Å². The van der Waals surface area contributed by atoms with E-state index >= 15 is 0 Å². The summed E-state index contributed by atoms with van der Waals surface area (Å²) in [6.07, 6.45) is 0. The van der Waals surface area contributed by atoms with Crippen LogP contribution in [-0.4, -0.2) is 97.6 Å². The molecule has 22 heavy (non-hydrogen) atoms. The van der Waals surface area contributed by atoms with Gasteiger partial charge in [-0.2, -0.15) is 30.0 Å². The van der Waals surface area contributed by atoms with E-state index < -0.39 is 0 Å². The molecule has 3 aliphatic heterocycles. The molecule has 0 atom stereocenters. The van der Waals surface area contributed by atoms with Gasteiger partial charge in [0.2, 0.25) is 35.8 Å². The van der Waals surface area contributed by atoms with E-state index in [-0.39, 0.29) is 0 Å². The second kappa shape index (κ2) is 4.90. The first-order valence-corrected chi connectivity index (χ1v) is 6.71. The molecule has 0 saturated heterocycles. The molecule has 10 nitrogen and oxygen atoms in total. The van der Waals surface area contributed by atoms with Crippen LogP contribution in [0.15, 0.2) is 30.0 Å². The van der Waals surface area contributed by atoms with Gasteiger partial charge >= 0.3 is 0 Å². The molecule has 0 aromatic carbocycles. The molecule has 3 heterocycles. The highest BCUT2D eigenvalue weighted by Gasteiger charge is 2.35. The molecule has 0 aliphatic carbocycles. The molecular formula is C12H18N10. The van der Waals surface area contributed by atoms with Crippen molar-refractivity contribution in [2.24, 2.45) is 30.0 Å². The van der Waals surface area contributed by atoms with E-state index in [0.717, 1.165) is 0 Å². The van der Waals surface area contributed by atoms with Crippen molar-refractivity contribution in [3.63, 3.8) is 0 Å². The highest BCUT2D eigenvalue weighted by Crippen LogP contribution is 2.18. The largest absolute Gasteiger partial charge is 0.347 e. The smallest absolute Gasteiger partial charge is 0.246 e. The minimum Gasteiger partial charge on any atom is -0.347 e. The highest BCUT2D eigenvalue weighted by molar-refractivity contribution is 6.29. The highest BCUT2D eigenvalue weighted by atomic mass is 15.5. The maximum absolute atomic E-state index is 4.45. The van der Waals surface area contributed by atoms with E-state index in [2.05, 4.69) is 30.0 Å². The van der Waals surface area contributed by atoms with Crippen molar-refractivity contribution >= 4 is 35.8 Å². The van der Waals surface area contributed by atoms with Crippen LogP contribution in [0.4, 0.5) is 0 Å². The van der Waals surface area contributed by atoms with E-state index in [1.54, 1.807) is 4.90 Å². The number of aliphatic imine (C=N–C) groups is 6. The Labute approximate surface area is 128 Å². The molecule has 0 radical (unpaired) electrons. The third-order valence-electron chi connectivity index (χ3n) is 3.00. The fraction of sp³-hybridized carbons (Fsp3) is 0.500. The van der Waals surface area contributed by atoms with E-state index in [1.807, 2.05) is 57.0 Å². The molecule has 116 valence electrons. The summed E-state index contributed by atoms with van der Waals surface area (Å²) in [5.41, 5.74) is 0. The van der Waals surface area contributed by atoms with Gasteiger partial charge in [0.05, 0.1) is 0 Å². The van der Waals surface area contributed by atoms with E-state index in [0.29, 0.717) is 35.8 Å². The lowest BCUT2D eigenvalue weighted by molar-refractivity contribution is 0.592. The average molecular weight is 302 g/mol. The third kappa shape index (κ3) is 2.22. The zero-order valence-corrected chi connectivity index (χ0v) is 13.5. The second-order valence-corrected chi connectivity index (χ2v) is 5.49. The fourth-order valence-electron chi connectivity index (χ4n) is 1.85. The summed E-state index contributed by atoms with van der Waals surface area (Å²) >= 11 is 0. The molecule has 3 aliphatic rings. The SMILES string of the molecule is CN(C)C1=NC2=NC(N(C)C)=NC3=NC(N(C)C)=NC(=N1)N23. The van der Waals surface area contributed by atoms with Crippen molar-refractivity contribution in [1.82, 2.24) is 19.6 Å². The Morgan fingerprint density at radius 2 is 0.773 bits per heavy atom. The van der Waals surface area contributed by atoms with Crippen LogP contribution in [0.2, 0.25) is 0 Å². The van der Waals surface area contributed by atoms with Crippen LogP contribution in [0.1, 0.15) is 0 Å². The Kier molecular flexibility index (Phi) is 3.15. The Morgan fingerprint density at radius 3 is 1.00 bits per heavy atom. The van der Waals surface area contributed by atoms with E-state index in [4.69, 9.17) is 0 Å². The minimum absolute atomic E-state index is 0.465. The molecule has 0 N–H and O–H groups in total. The van der Waals surface area contributed by atoms with Gasteiger partial charge in [-0.25, -0.2) is 4.90 Å². The van der Waals surface area contributed by atoms with Crippen LogP contribution in [0.25, 0.3) is 0 Å². The molecule has 0 fully saturated rings. The van der Waals surface area contributed by atoms with Gasteiger partial charge in [-0.05, 0) is 0 Å². The first-order chi connectivity index (χ1) is 10.4. The monoisotopic (exact) mass is 302 g/mol. The van der Waals surface area contributed by atoms with Crippen LogP contribution >= 0.6 is 0 Å². The summed E-state index contributed by atoms with van der Waals surface area (Å²) in [7, 11) is 11.2. The number of guanidine groups is 6.